The van der Waals surface area contributed by atoms with E-state index in [4.69, 9.17) is 23.9 Å². The predicted octanol–water partition coefficient (Wildman–Crippen LogP) is 4.45. The van der Waals surface area contributed by atoms with Gasteiger partial charge in [0.25, 0.3) is 0 Å². The number of rotatable bonds is 9. The molecule has 4 fully saturated rings. The Morgan fingerprint density at radius 2 is 1.90 bits per heavy atom. The number of fused-ring (bicyclic) bond motifs is 3. The van der Waals surface area contributed by atoms with Gasteiger partial charge in [0, 0.05) is 41.4 Å². The second-order valence-electron chi connectivity index (χ2n) is 15.2. The van der Waals surface area contributed by atoms with Crippen molar-refractivity contribution in [2.45, 2.75) is 56.8 Å². The van der Waals surface area contributed by atoms with Crippen molar-refractivity contribution in [3.63, 3.8) is 0 Å². The second-order valence-corrected chi connectivity index (χ2v) is 15.2. The highest BCUT2D eigenvalue weighted by Crippen LogP contribution is 2.49. The summed E-state index contributed by atoms with van der Waals surface area (Å²) in [6, 6.07) is 7.33. The van der Waals surface area contributed by atoms with Crippen LogP contribution in [0.25, 0.3) is 32.9 Å². The molecule has 8 rings (SSSR count). The number of nitrogens with zero attached hydrogens (tertiary/aromatic N) is 5. The molecule has 4 aromatic rings. The topological polar surface area (TPSA) is 143 Å². The molecule has 0 bridgehead atoms. The van der Waals surface area contributed by atoms with Crippen molar-refractivity contribution in [3.05, 3.63) is 42.0 Å². The van der Waals surface area contributed by atoms with E-state index < -0.39 is 23.3 Å². The maximum absolute atomic E-state index is 17.2. The van der Waals surface area contributed by atoms with Crippen molar-refractivity contribution >= 4 is 27.5 Å². The third-order valence-electron chi connectivity index (χ3n) is 11.3. The van der Waals surface area contributed by atoms with E-state index in [0.717, 1.165) is 58.4 Å². The Morgan fingerprint density at radius 1 is 1.08 bits per heavy atom. The van der Waals surface area contributed by atoms with Crippen molar-refractivity contribution in [1.82, 2.24) is 19.9 Å². The van der Waals surface area contributed by atoms with Gasteiger partial charge in [-0.05, 0) is 62.7 Å². The number of aliphatic hydroxyl groups excluding tert-OH is 1. The van der Waals surface area contributed by atoms with Gasteiger partial charge >= 0.3 is 6.01 Å². The molecule has 1 saturated carbocycles. The fraction of sp³-hybridized carbons (Fsp3) is 0.553. The summed E-state index contributed by atoms with van der Waals surface area (Å²) < 4.78 is 56.1. The van der Waals surface area contributed by atoms with E-state index in [2.05, 4.69) is 14.9 Å². The average Bonchev–Trinajstić information content (AvgIpc) is 3.48. The molecular weight excluding hydrogens is 676 g/mol. The van der Waals surface area contributed by atoms with Crippen LogP contribution < -0.4 is 14.4 Å². The highest BCUT2D eigenvalue weighted by molar-refractivity contribution is 6.02. The van der Waals surface area contributed by atoms with Gasteiger partial charge in [-0.3, -0.25) is 4.90 Å². The van der Waals surface area contributed by atoms with Crippen LogP contribution in [0.4, 0.5) is 14.6 Å². The minimum atomic E-state index is -1.35. The Hall–Kier alpha value is -3.95. The number of aromatic nitrogens is 3. The van der Waals surface area contributed by atoms with E-state index in [1.165, 1.54) is 31.4 Å². The fourth-order valence-electron chi connectivity index (χ4n) is 8.83. The molecule has 0 amide bonds. The third-order valence-corrected chi connectivity index (χ3v) is 11.3. The molecule has 4 unspecified atom stereocenters. The van der Waals surface area contributed by atoms with E-state index in [9.17, 15) is 15.3 Å². The summed E-state index contributed by atoms with van der Waals surface area (Å²) in [5.41, 5.74) is -1.92. The van der Waals surface area contributed by atoms with Gasteiger partial charge in [0.05, 0.1) is 52.8 Å². The van der Waals surface area contributed by atoms with Crippen molar-refractivity contribution in [1.29, 1.82) is 0 Å². The molecular formula is C38H45F2N5O7. The summed E-state index contributed by atoms with van der Waals surface area (Å²) in [5, 5.41) is 32.5. The molecule has 3 N–H and O–H groups in total. The number of hydrogen-bond donors (Lipinski definition) is 3. The fourth-order valence-corrected chi connectivity index (χ4v) is 8.83. The van der Waals surface area contributed by atoms with Crippen LogP contribution >= 0.6 is 0 Å². The molecule has 278 valence electrons. The number of hydrogen-bond acceptors (Lipinski definition) is 12. The SMILES string of the molecule is COc1nc(-c2cc(O)cc3cccc(F)c23)c(F)c2nc(OCC34CCCC3N(CC3COC3)CCC4)nc(N3CC(CO)OCC(C)(O)C3)c12. The first-order valence-corrected chi connectivity index (χ1v) is 18.1. The van der Waals surface area contributed by atoms with Crippen molar-refractivity contribution in [2.75, 3.05) is 71.2 Å². The van der Waals surface area contributed by atoms with Gasteiger partial charge in [0.15, 0.2) is 5.82 Å². The molecule has 12 nitrogen and oxygen atoms in total. The number of likely N-dealkylation sites (tertiary alicyclic amines) is 1. The lowest BCUT2D eigenvalue weighted by molar-refractivity contribution is -0.0731. The number of anilines is 1. The summed E-state index contributed by atoms with van der Waals surface area (Å²) >= 11 is 0. The Labute approximate surface area is 300 Å². The standard InChI is InChI=1S/C38H45F2N5O7/c1-37(48)19-45(15-25(16-46)51-20-37)34-30-33(31(40)32(41-35(30)49-2)26-13-24(47)12-23-6-3-7-27(39)29(23)26)42-36(43-34)52-21-38-9-4-8-28(38)44(11-5-10-38)14-22-17-50-18-22/h3,6-7,12-13,22,25,28,46-48H,4-5,8-11,14-21H2,1-2H3. The molecule has 5 heterocycles. The number of methoxy groups -OCH3 is 1. The molecule has 3 aliphatic heterocycles. The van der Waals surface area contributed by atoms with Crippen LogP contribution in [0.1, 0.15) is 39.0 Å². The Morgan fingerprint density at radius 3 is 2.67 bits per heavy atom. The average molecular weight is 722 g/mol. The largest absolute Gasteiger partial charge is 0.508 e. The van der Waals surface area contributed by atoms with Gasteiger partial charge in [-0.15, -0.1) is 0 Å². The second kappa shape index (κ2) is 13.8. The van der Waals surface area contributed by atoms with Gasteiger partial charge in [-0.1, -0.05) is 18.6 Å². The van der Waals surface area contributed by atoms with Crippen LogP contribution in [0, 0.1) is 23.0 Å². The van der Waals surface area contributed by atoms with E-state index in [0.29, 0.717) is 24.0 Å². The van der Waals surface area contributed by atoms with E-state index in [1.54, 1.807) is 17.9 Å². The molecule has 0 radical (unpaired) electrons. The molecule has 4 aliphatic rings. The molecule has 0 spiro atoms. The minimum absolute atomic E-state index is 0.0201. The molecule has 4 atom stereocenters. The van der Waals surface area contributed by atoms with Gasteiger partial charge in [0.2, 0.25) is 5.88 Å². The summed E-state index contributed by atoms with van der Waals surface area (Å²) in [6.45, 7) is 5.33. The Bertz CT molecular complexity index is 1980. The number of piperidine rings is 1. The molecule has 2 aromatic carbocycles. The first-order chi connectivity index (χ1) is 25.1. The summed E-state index contributed by atoms with van der Waals surface area (Å²) in [4.78, 5) is 18.3. The van der Waals surface area contributed by atoms with Gasteiger partial charge in [0.1, 0.15) is 39.6 Å². The lowest BCUT2D eigenvalue weighted by Gasteiger charge is -2.48. The number of aromatic hydroxyl groups is 1. The first-order valence-electron chi connectivity index (χ1n) is 18.1. The van der Waals surface area contributed by atoms with Crippen LogP contribution in [0.15, 0.2) is 30.3 Å². The van der Waals surface area contributed by atoms with Crippen LogP contribution in [0.5, 0.6) is 17.6 Å². The van der Waals surface area contributed by atoms with Crippen molar-refractivity contribution in [3.8, 4) is 28.9 Å². The summed E-state index contributed by atoms with van der Waals surface area (Å²) in [7, 11) is 1.38. The van der Waals surface area contributed by atoms with Gasteiger partial charge in [-0.25, -0.2) is 13.8 Å². The molecule has 3 saturated heterocycles. The highest BCUT2D eigenvalue weighted by atomic mass is 19.1. The number of phenolic OH excluding ortho intramolecular Hbond substituents is 1. The monoisotopic (exact) mass is 721 g/mol. The maximum atomic E-state index is 17.2. The van der Waals surface area contributed by atoms with Gasteiger partial charge in [-0.2, -0.15) is 9.97 Å². The molecule has 52 heavy (non-hydrogen) atoms. The number of halogens is 2. The zero-order valence-corrected chi connectivity index (χ0v) is 29.5. The predicted molar refractivity (Wildman–Crippen MR) is 189 cm³/mol. The number of pyridine rings is 1. The third kappa shape index (κ3) is 6.38. The highest BCUT2D eigenvalue weighted by Gasteiger charge is 2.49. The molecule has 2 aromatic heterocycles. The lowest BCUT2D eigenvalue weighted by Crippen LogP contribution is -2.54. The van der Waals surface area contributed by atoms with Gasteiger partial charge < -0.3 is 39.2 Å². The number of β-amino-alcohol motifs (C(OH)–C–C–N with tert-alkyl or cyclic N) is 1. The zero-order chi connectivity index (χ0) is 36.2. The van der Waals surface area contributed by atoms with Crippen molar-refractivity contribution < 1.29 is 43.0 Å². The van der Waals surface area contributed by atoms with Crippen LogP contribution in [0.2, 0.25) is 0 Å². The van der Waals surface area contributed by atoms with Crippen LogP contribution in [-0.2, 0) is 9.47 Å². The maximum Gasteiger partial charge on any atom is 0.319 e. The Balaban J connectivity index is 1.26. The first kappa shape index (κ1) is 35.1. The molecule has 1 aliphatic carbocycles. The number of ether oxygens (including phenoxy) is 4. The smallest absolute Gasteiger partial charge is 0.319 e. The van der Waals surface area contributed by atoms with Crippen LogP contribution in [0.3, 0.4) is 0 Å². The number of phenols is 1. The van der Waals surface area contributed by atoms with Crippen LogP contribution in [-0.4, -0.2) is 119 Å². The molecule has 14 heteroatoms. The van der Waals surface area contributed by atoms with E-state index in [-0.39, 0.29) is 82.7 Å². The van der Waals surface area contributed by atoms with E-state index >= 15 is 8.78 Å². The number of benzene rings is 2. The lowest BCUT2D eigenvalue weighted by atomic mass is 9.75. The number of aliphatic hydroxyl groups is 2. The zero-order valence-electron chi connectivity index (χ0n) is 29.5. The summed E-state index contributed by atoms with van der Waals surface area (Å²) in [6.07, 6.45) is 4.50. The van der Waals surface area contributed by atoms with E-state index in [1.807, 2.05) is 0 Å². The quantitative estimate of drug-likeness (QED) is 0.225. The summed E-state index contributed by atoms with van der Waals surface area (Å²) in [5.74, 6) is -1.03. The Kier molecular flexibility index (Phi) is 9.31. The minimum Gasteiger partial charge on any atom is -0.508 e. The van der Waals surface area contributed by atoms with Crippen molar-refractivity contribution in [2.24, 2.45) is 11.3 Å². The normalized spacial score (nSPS) is 27.1.